The molecule has 0 aliphatic carbocycles. The molecule has 0 bridgehead atoms. The normalized spacial score (nSPS) is 10.9. The number of ether oxygens (including phenoxy) is 1. The number of hydrogen-bond donors (Lipinski definition) is 2. The third kappa shape index (κ3) is 6.61. The summed E-state index contributed by atoms with van der Waals surface area (Å²) < 4.78 is 5.17. The van der Waals surface area contributed by atoms with E-state index in [1.54, 1.807) is 24.1 Å². The summed E-state index contributed by atoms with van der Waals surface area (Å²) >= 11 is 0. The van der Waals surface area contributed by atoms with Gasteiger partial charge in [-0.1, -0.05) is 45.0 Å². The highest BCUT2D eigenvalue weighted by Gasteiger charge is 2.16. The highest BCUT2D eigenvalue weighted by atomic mass is 16.5. The zero-order chi connectivity index (χ0) is 21.4. The van der Waals surface area contributed by atoms with Gasteiger partial charge in [0.15, 0.2) is 0 Å². The van der Waals surface area contributed by atoms with Crippen LogP contribution in [0.15, 0.2) is 42.5 Å². The predicted octanol–water partition coefficient (Wildman–Crippen LogP) is 4.03. The molecule has 0 aliphatic rings. The third-order valence-electron chi connectivity index (χ3n) is 4.73. The maximum Gasteiger partial charge on any atom is 0.238 e. The van der Waals surface area contributed by atoms with Gasteiger partial charge >= 0.3 is 0 Å². The molecule has 2 N–H and O–H groups in total. The maximum atomic E-state index is 12.6. The minimum Gasteiger partial charge on any atom is -0.497 e. The summed E-state index contributed by atoms with van der Waals surface area (Å²) in [6, 6.07) is 13.2. The Morgan fingerprint density at radius 1 is 1.03 bits per heavy atom. The van der Waals surface area contributed by atoms with Crippen molar-refractivity contribution in [2.75, 3.05) is 37.4 Å². The molecule has 29 heavy (non-hydrogen) atoms. The molecule has 0 spiro atoms. The lowest BCUT2D eigenvalue weighted by Gasteiger charge is -2.21. The third-order valence-corrected chi connectivity index (χ3v) is 4.73. The van der Waals surface area contributed by atoms with Crippen LogP contribution in [0.1, 0.15) is 37.8 Å². The molecular formula is C23H31N3O3. The first-order valence-electron chi connectivity index (χ1n) is 9.89. The largest absolute Gasteiger partial charge is 0.497 e. The Kier molecular flexibility index (Phi) is 8.21. The Labute approximate surface area is 173 Å². The van der Waals surface area contributed by atoms with E-state index in [-0.39, 0.29) is 24.9 Å². The van der Waals surface area contributed by atoms with E-state index in [0.29, 0.717) is 23.9 Å². The second kappa shape index (κ2) is 10.6. The summed E-state index contributed by atoms with van der Waals surface area (Å²) in [6.07, 6.45) is 0. The van der Waals surface area contributed by atoms with Crippen molar-refractivity contribution in [1.29, 1.82) is 0 Å². The van der Waals surface area contributed by atoms with Gasteiger partial charge < -0.3 is 15.4 Å². The smallest absolute Gasteiger partial charge is 0.238 e. The average Bonchev–Trinajstić information content (AvgIpc) is 2.68. The molecule has 0 unspecified atom stereocenters. The summed E-state index contributed by atoms with van der Waals surface area (Å²) in [5.41, 5.74) is 3.67. The maximum absolute atomic E-state index is 12.6. The summed E-state index contributed by atoms with van der Waals surface area (Å²) in [7, 11) is 1.58. The molecule has 0 saturated carbocycles. The van der Waals surface area contributed by atoms with Crippen LogP contribution < -0.4 is 15.4 Å². The summed E-state index contributed by atoms with van der Waals surface area (Å²) in [5, 5.41) is 5.88. The number of hydrogen-bond acceptors (Lipinski definition) is 4. The summed E-state index contributed by atoms with van der Waals surface area (Å²) in [5.74, 6) is 0.679. The van der Waals surface area contributed by atoms with Crippen molar-refractivity contribution in [1.82, 2.24) is 4.90 Å². The van der Waals surface area contributed by atoms with Gasteiger partial charge in [-0.3, -0.25) is 14.5 Å². The Balaban J connectivity index is 1.97. The minimum atomic E-state index is -0.174. The monoisotopic (exact) mass is 397 g/mol. The van der Waals surface area contributed by atoms with E-state index in [1.165, 1.54) is 0 Å². The quantitative estimate of drug-likeness (QED) is 0.670. The van der Waals surface area contributed by atoms with Gasteiger partial charge in [0.05, 0.1) is 20.2 Å². The molecule has 2 rings (SSSR count). The van der Waals surface area contributed by atoms with Gasteiger partial charge in [-0.05, 0) is 42.6 Å². The highest BCUT2D eigenvalue weighted by molar-refractivity contribution is 5.95. The highest BCUT2D eigenvalue weighted by Crippen LogP contribution is 2.27. The van der Waals surface area contributed by atoms with E-state index >= 15 is 0 Å². The van der Waals surface area contributed by atoms with Crippen LogP contribution in [-0.4, -0.2) is 43.5 Å². The lowest BCUT2D eigenvalue weighted by atomic mass is 9.98. The number of nitrogens with one attached hydrogen (secondary N) is 2. The number of methoxy groups -OCH3 is 1. The summed E-state index contributed by atoms with van der Waals surface area (Å²) in [4.78, 5) is 26.8. The average molecular weight is 398 g/mol. The molecule has 0 aromatic heterocycles. The second-order valence-corrected chi connectivity index (χ2v) is 7.33. The van der Waals surface area contributed by atoms with E-state index in [9.17, 15) is 9.59 Å². The van der Waals surface area contributed by atoms with Crippen LogP contribution in [0.2, 0.25) is 0 Å². The molecule has 2 aromatic carbocycles. The van der Waals surface area contributed by atoms with Crippen molar-refractivity contribution in [2.45, 2.75) is 33.6 Å². The molecule has 0 heterocycles. The van der Waals surface area contributed by atoms with Gasteiger partial charge in [-0.25, -0.2) is 0 Å². The van der Waals surface area contributed by atoms with Gasteiger partial charge in [-0.15, -0.1) is 0 Å². The number of carbonyl (C=O) groups excluding carboxylic acids is 2. The van der Waals surface area contributed by atoms with Crippen molar-refractivity contribution in [2.24, 2.45) is 0 Å². The number of carbonyl (C=O) groups is 2. The van der Waals surface area contributed by atoms with Gasteiger partial charge in [-0.2, -0.15) is 0 Å². The fourth-order valence-electron chi connectivity index (χ4n) is 3.11. The standard InChI is InChI=1S/C23H31N3O3/c1-6-26(14-21(27)24-18-10-8-11-19(13-18)29-5)15-22(28)25-23-17(4)9-7-12-20(23)16(2)3/h7-13,16H,6,14-15H2,1-5H3,(H,24,27)(H,25,28). The van der Waals surface area contributed by atoms with Crippen molar-refractivity contribution < 1.29 is 14.3 Å². The molecule has 0 saturated heterocycles. The van der Waals surface area contributed by atoms with Crippen LogP contribution in [-0.2, 0) is 9.59 Å². The van der Waals surface area contributed by atoms with Crippen LogP contribution in [0, 0.1) is 6.92 Å². The Bertz CT molecular complexity index is 849. The van der Waals surface area contributed by atoms with E-state index in [4.69, 9.17) is 4.74 Å². The number of amides is 2. The van der Waals surface area contributed by atoms with Gasteiger partial charge in [0.1, 0.15) is 5.75 Å². The first kappa shape index (κ1) is 22.4. The number of rotatable bonds is 9. The van der Waals surface area contributed by atoms with Crippen LogP contribution in [0.4, 0.5) is 11.4 Å². The Morgan fingerprint density at radius 3 is 2.31 bits per heavy atom. The van der Waals surface area contributed by atoms with E-state index in [2.05, 4.69) is 24.5 Å². The molecule has 0 atom stereocenters. The number of aryl methyl sites for hydroxylation is 1. The summed E-state index contributed by atoms with van der Waals surface area (Å²) in [6.45, 7) is 8.99. The van der Waals surface area contributed by atoms with Crippen molar-refractivity contribution in [3.05, 3.63) is 53.6 Å². The molecule has 6 nitrogen and oxygen atoms in total. The topological polar surface area (TPSA) is 70.7 Å². The first-order valence-corrected chi connectivity index (χ1v) is 9.89. The molecular weight excluding hydrogens is 366 g/mol. The SMILES string of the molecule is CCN(CC(=O)Nc1cccc(OC)c1)CC(=O)Nc1c(C)cccc1C(C)C. The van der Waals surface area contributed by atoms with Gasteiger partial charge in [0.25, 0.3) is 0 Å². The van der Waals surface area contributed by atoms with Crippen molar-refractivity contribution in [3.8, 4) is 5.75 Å². The molecule has 0 radical (unpaired) electrons. The van der Waals surface area contributed by atoms with Crippen LogP contribution in [0.5, 0.6) is 5.75 Å². The zero-order valence-corrected chi connectivity index (χ0v) is 17.9. The Hall–Kier alpha value is -2.86. The minimum absolute atomic E-state index is 0.128. The fraction of sp³-hybridized carbons (Fsp3) is 0.391. The molecule has 0 aliphatic heterocycles. The van der Waals surface area contributed by atoms with Crippen LogP contribution in [0.25, 0.3) is 0 Å². The molecule has 2 aromatic rings. The predicted molar refractivity (Wildman–Crippen MR) is 118 cm³/mol. The number of para-hydroxylation sites is 1. The van der Waals surface area contributed by atoms with Crippen molar-refractivity contribution >= 4 is 23.2 Å². The lowest BCUT2D eigenvalue weighted by Crippen LogP contribution is -2.38. The van der Waals surface area contributed by atoms with Crippen molar-refractivity contribution in [3.63, 3.8) is 0 Å². The molecule has 2 amide bonds. The van der Waals surface area contributed by atoms with E-state index in [1.807, 2.05) is 44.2 Å². The van der Waals surface area contributed by atoms with Gasteiger partial charge in [0.2, 0.25) is 11.8 Å². The fourth-order valence-corrected chi connectivity index (χ4v) is 3.11. The number of nitrogens with zero attached hydrogens (tertiary/aromatic N) is 1. The molecule has 0 fully saturated rings. The second-order valence-electron chi connectivity index (χ2n) is 7.33. The van der Waals surface area contributed by atoms with Gasteiger partial charge in [0, 0.05) is 17.4 Å². The Morgan fingerprint density at radius 2 is 1.69 bits per heavy atom. The molecule has 156 valence electrons. The zero-order valence-electron chi connectivity index (χ0n) is 17.9. The number of benzene rings is 2. The van der Waals surface area contributed by atoms with Crippen LogP contribution in [0.3, 0.4) is 0 Å². The lowest BCUT2D eigenvalue weighted by molar-refractivity contribution is -0.119. The number of anilines is 2. The van der Waals surface area contributed by atoms with Crippen LogP contribution >= 0.6 is 0 Å². The van der Waals surface area contributed by atoms with E-state index in [0.717, 1.165) is 16.8 Å². The van der Waals surface area contributed by atoms with E-state index < -0.39 is 0 Å². The first-order chi connectivity index (χ1) is 13.8. The number of likely N-dealkylation sites (N-methyl/N-ethyl adjacent to an activating group) is 1. The molecule has 6 heteroatoms.